The van der Waals surface area contributed by atoms with Crippen molar-refractivity contribution in [2.45, 2.75) is 20.8 Å². The van der Waals surface area contributed by atoms with E-state index < -0.39 is 4.92 Å². The number of halogens is 1. The highest BCUT2D eigenvalue weighted by atomic mass is 35.5. The van der Waals surface area contributed by atoms with Crippen molar-refractivity contribution in [3.05, 3.63) is 80.7 Å². The Bertz CT molecular complexity index is 1300. The van der Waals surface area contributed by atoms with Crippen LogP contribution in [-0.4, -0.2) is 19.9 Å². The van der Waals surface area contributed by atoms with Crippen molar-refractivity contribution in [3.63, 3.8) is 0 Å². The van der Waals surface area contributed by atoms with Gasteiger partial charge in [0.1, 0.15) is 12.1 Å². The average molecular weight is 436 g/mol. The zero-order chi connectivity index (χ0) is 22.1. The second-order valence-electron chi connectivity index (χ2n) is 7.06. The Hall–Kier alpha value is -3.78. The number of nitrogens with one attached hydrogen (secondary N) is 1. The summed E-state index contributed by atoms with van der Waals surface area (Å²) in [4.78, 5) is 23.9. The topological polar surface area (TPSA) is 103 Å². The maximum absolute atomic E-state index is 11.9. The van der Waals surface area contributed by atoms with E-state index in [1.54, 1.807) is 18.2 Å². The number of nitrogens with zero attached hydrogens (tertiary/aromatic N) is 4. The van der Waals surface area contributed by atoms with Crippen LogP contribution in [0.3, 0.4) is 0 Å². The van der Waals surface area contributed by atoms with Gasteiger partial charge in [0.25, 0.3) is 0 Å². The molecule has 9 heteroatoms. The molecular weight excluding hydrogens is 418 g/mol. The second kappa shape index (κ2) is 8.16. The molecule has 0 unspecified atom stereocenters. The molecule has 4 aromatic rings. The van der Waals surface area contributed by atoms with Crippen LogP contribution in [0.4, 0.5) is 17.2 Å². The summed E-state index contributed by atoms with van der Waals surface area (Å²) in [5.74, 6) is 0.250. The normalized spacial score (nSPS) is 10.8. The number of hydrogen-bond acceptors (Lipinski definition) is 7. The third-order valence-electron chi connectivity index (χ3n) is 4.72. The number of fused-ring (bicyclic) bond motifs is 1. The molecule has 0 fully saturated rings. The van der Waals surface area contributed by atoms with Gasteiger partial charge in [-0.1, -0.05) is 17.7 Å². The molecule has 1 N–H and O–H groups in total. The zero-order valence-corrected chi connectivity index (χ0v) is 17.8. The van der Waals surface area contributed by atoms with Crippen LogP contribution < -0.4 is 10.1 Å². The van der Waals surface area contributed by atoms with Crippen molar-refractivity contribution in [2.75, 3.05) is 5.32 Å². The van der Waals surface area contributed by atoms with Crippen LogP contribution >= 0.6 is 11.6 Å². The lowest BCUT2D eigenvalue weighted by molar-refractivity contribution is -0.385. The lowest BCUT2D eigenvalue weighted by atomic mass is 10.1. The van der Waals surface area contributed by atoms with Gasteiger partial charge in [0.05, 0.1) is 10.4 Å². The predicted octanol–water partition coefficient (Wildman–Crippen LogP) is 6.05. The summed E-state index contributed by atoms with van der Waals surface area (Å²) in [6, 6.07) is 12.7. The Kier molecular flexibility index (Phi) is 5.39. The Morgan fingerprint density at radius 3 is 2.52 bits per heavy atom. The minimum Gasteiger partial charge on any atom is -0.434 e. The molecule has 0 amide bonds. The number of nitro groups is 1. The predicted molar refractivity (Wildman–Crippen MR) is 119 cm³/mol. The van der Waals surface area contributed by atoms with E-state index in [0.29, 0.717) is 16.5 Å². The largest absolute Gasteiger partial charge is 0.434 e. The molecule has 0 aliphatic heterocycles. The van der Waals surface area contributed by atoms with Crippen LogP contribution in [0.25, 0.3) is 10.9 Å². The number of pyridine rings is 1. The molecule has 31 heavy (non-hydrogen) atoms. The SMILES string of the molecule is Cc1ccc2c(Nc3ncnc(Oc4cc(C)c(Cl)c(C)c4)c3[N+](=O)[O-])cccc2n1. The molecule has 0 aliphatic rings. The summed E-state index contributed by atoms with van der Waals surface area (Å²) in [6.07, 6.45) is 1.22. The van der Waals surface area contributed by atoms with Crippen LogP contribution in [0.15, 0.2) is 48.8 Å². The Morgan fingerprint density at radius 1 is 1.06 bits per heavy atom. The van der Waals surface area contributed by atoms with Crippen molar-refractivity contribution in [1.29, 1.82) is 0 Å². The lowest BCUT2D eigenvalue weighted by Gasteiger charge is -2.12. The summed E-state index contributed by atoms with van der Waals surface area (Å²) >= 11 is 6.20. The average Bonchev–Trinajstić information content (AvgIpc) is 2.72. The smallest absolute Gasteiger partial charge is 0.373 e. The Balaban J connectivity index is 1.76. The monoisotopic (exact) mass is 435 g/mol. The first-order chi connectivity index (χ1) is 14.8. The first-order valence-electron chi connectivity index (χ1n) is 9.41. The number of benzene rings is 2. The van der Waals surface area contributed by atoms with Gasteiger partial charge in [0.15, 0.2) is 0 Å². The highest BCUT2D eigenvalue weighted by Crippen LogP contribution is 2.37. The molecule has 8 nitrogen and oxygen atoms in total. The summed E-state index contributed by atoms with van der Waals surface area (Å²) < 4.78 is 5.77. The Morgan fingerprint density at radius 2 is 1.81 bits per heavy atom. The molecule has 2 aromatic carbocycles. The van der Waals surface area contributed by atoms with Gasteiger partial charge in [-0.2, -0.15) is 4.98 Å². The highest BCUT2D eigenvalue weighted by Gasteiger charge is 2.26. The van der Waals surface area contributed by atoms with Gasteiger partial charge in [-0.3, -0.25) is 15.1 Å². The summed E-state index contributed by atoms with van der Waals surface area (Å²) in [6.45, 7) is 5.57. The van der Waals surface area contributed by atoms with Gasteiger partial charge in [-0.15, -0.1) is 0 Å². The van der Waals surface area contributed by atoms with Gasteiger partial charge in [0, 0.05) is 21.8 Å². The van der Waals surface area contributed by atoms with Gasteiger partial charge >= 0.3 is 11.6 Å². The minimum absolute atomic E-state index is 0.0190. The zero-order valence-electron chi connectivity index (χ0n) is 17.0. The quantitative estimate of drug-likeness (QED) is 0.300. The molecule has 0 saturated heterocycles. The molecular formula is C22H18ClN5O3. The lowest BCUT2D eigenvalue weighted by Crippen LogP contribution is -2.04. The fraction of sp³-hybridized carbons (Fsp3) is 0.136. The molecule has 4 rings (SSSR count). The van der Waals surface area contributed by atoms with Crippen LogP contribution in [0.5, 0.6) is 11.6 Å². The maximum Gasteiger partial charge on any atom is 0.373 e. The molecule has 0 aliphatic carbocycles. The second-order valence-corrected chi connectivity index (χ2v) is 7.43. The van der Waals surface area contributed by atoms with Crippen molar-refractivity contribution < 1.29 is 9.66 Å². The van der Waals surface area contributed by atoms with Crippen LogP contribution in [0.2, 0.25) is 5.02 Å². The van der Waals surface area contributed by atoms with E-state index in [2.05, 4.69) is 20.3 Å². The van der Waals surface area contributed by atoms with Gasteiger partial charge in [0.2, 0.25) is 5.82 Å². The van der Waals surface area contributed by atoms with Gasteiger partial charge < -0.3 is 10.1 Å². The Labute approximate surface area is 183 Å². The van der Waals surface area contributed by atoms with Crippen molar-refractivity contribution >= 4 is 39.7 Å². The maximum atomic E-state index is 11.9. The van der Waals surface area contributed by atoms with Crippen molar-refractivity contribution in [3.8, 4) is 11.6 Å². The number of ether oxygens (including phenoxy) is 1. The molecule has 0 atom stereocenters. The van der Waals surface area contributed by atoms with Crippen LogP contribution in [-0.2, 0) is 0 Å². The standard InChI is InChI=1S/C22H18ClN5O3/c1-12-9-15(10-13(2)19(12)23)31-22-20(28(29)30)21(24-11-25-22)27-18-6-4-5-17-16(18)8-7-14(3)26-17/h4-11H,1-3H3,(H,24,25,27). The molecule has 156 valence electrons. The summed E-state index contributed by atoms with van der Waals surface area (Å²) in [5.41, 5.74) is 3.50. The van der Waals surface area contributed by atoms with Gasteiger partial charge in [-0.05, 0) is 68.3 Å². The van der Waals surface area contributed by atoms with E-state index >= 15 is 0 Å². The minimum atomic E-state index is -0.569. The van der Waals surface area contributed by atoms with Crippen LogP contribution in [0.1, 0.15) is 16.8 Å². The fourth-order valence-electron chi connectivity index (χ4n) is 3.26. The fourth-order valence-corrected chi connectivity index (χ4v) is 3.37. The first-order valence-corrected chi connectivity index (χ1v) is 9.78. The molecule has 0 saturated carbocycles. The number of aryl methyl sites for hydroxylation is 3. The molecule has 2 heterocycles. The van der Waals surface area contributed by atoms with Crippen LogP contribution in [0, 0.1) is 30.9 Å². The third-order valence-corrected chi connectivity index (χ3v) is 5.32. The molecule has 0 bridgehead atoms. The summed E-state index contributed by atoms with van der Waals surface area (Å²) in [7, 11) is 0. The molecule has 0 spiro atoms. The summed E-state index contributed by atoms with van der Waals surface area (Å²) in [5, 5.41) is 16.4. The van der Waals surface area contributed by atoms with E-state index in [0.717, 1.165) is 27.7 Å². The third kappa shape index (κ3) is 4.10. The van der Waals surface area contributed by atoms with Gasteiger partial charge in [-0.25, -0.2) is 4.98 Å². The highest BCUT2D eigenvalue weighted by molar-refractivity contribution is 6.32. The van der Waals surface area contributed by atoms with E-state index in [4.69, 9.17) is 16.3 Å². The number of rotatable bonds is 5. The van der Waals surface area contributed by atoms with E-state index in [1.807, 2.05) is 45.0 Å². The first kappa shape index (κ1) is 20.5. The number of aromatic nitrogens is 3. The number of hydrogen-bond donors (Lipinski definition) is 1. The van der Waals surface area contributed by atoms with Crippen molar-refractivity contribution in [1.82, 2.24) is 15.0 Å². The molecule has 0 radical (unpaired) electrons. The van der Waals surface area contributed by atoms with Crippen molar-refractivity contribution in [2.24, 2.45) is 0 Å². The van der Waals surface area contributed by atoms with E-state index in [1.165, 1.54) is 6.33 Å². The molecule has 2 aromatic heterocycles. The number of anilines is 2. The van der Waals surface area contributed by atoms with E-state index in [9.17, 15) is 10.1 Å². The van der Waals surface area contributed by atoms with E-state index in [-0.39, 0.29) is 17.4 Å².